The molecule has 0 amide bonds. The maximum atomic E-state index is 12.3. The van der Waals surface area contributed by atoms with Gasteiger partial charge in [0.15, 0.2) is 0 Å². The van der Waals surface area contributed by atoms with E-state index in [1.807, 2.05) is 0 Å². The number of alkyl halides is 3. The van der Waals surface area contributed by atoms with Crippen molar-refractivity contribution in [2.75, 3.05) is 17.8 Å². The summed E-state index contributed by atoms with van der Waals surface area (Å²) < 4.78 is 63.3. The second-order valence-electron chi connectivity index (χ2n) is 4.63. The average Bonchev–Trinajstić information content (AvgIpc) is 2.22. The van der Waals surface area contributed by atoms with E-state index in [0.717, 1.165) is 0 Å². The van der Waals surface area contributed by atoms with Crippen LogP contribution in [0.4, 0.5) is 13.2 Å². The molecule has 0 aromatic heterocycles. The van der Waals surface area contributed by atoms with Gasteiger partial charge in [-0.15, -0.1) is 10.3 Å². The van der Waals surface area contributed by atoms with Crippen molar-refractivity contribution in [1.82, 2.24) is 0 Å². The number of hydrogen-bond donors (Lipinski definition) is 2. The molecule has 2 N–H and O–H groups in total. The Kier molecular flexibility index (Phi) is 5.16. The lowest BCUT2D eigenvalue weighted by molar-refractivity contribution is -0.0496. The van der Waals surface area contributed by atoms with E-state index < -0.39 is 38.1 Å². The molecule has 1 aliphatic heterocycles. The Morgan fingerprint density at radius 1 is 1.16 bits per heavy atom. The summed E-state index contributed by atoms with van der Waals surface area (Å²) in [5.74, 6) is 0.145. The minimum atomic E-state index is -5.62. The number of aliphatic hydroxyl groups is 2. The second-order valence-corrected chi connectivity index (χ2v) is 9.73. The smallest absolute Gasteiger partial charge is 0.390 e. The zero-order valence-electron chi connectivity index (χ0n) is 10.3. The summed E-state index contributed by atoms with van der Waals surface area (Å²) in [5.41, 5.74) is -5.44. The topological polar surface area (TPSA) is 83.8 Å². The van der Waals surface area contributed by atoms with Gasteiger partial charge in [0.05, 0.1) is 12.2 Å². The van der Waals surface area contributed by atoms with Gasteiger partial charge in [0.25, 0.3) is 0 Å². The Labute approximate surface area is 111 Å². The van der Waals surface area contributed by atoms with Crippen LogP contribution in [0.5, 0.6) is 0 Å². The molecule has 0 aliphatic carbocycles. The molecular weight excluding hydrogens is 309 g/mol. The molecule has 1 rings (SSSR count). The van der Waals surface area contributed by atoms with Crippen LogP contribution in [0.25, 0.3) is 0 Å². The SMILES string of the molecule is CS1(OS(=O)(=O)C(F)(F)F)CCCC(O)C(O)CC1. The first-order valence-electron chi connectivity index (χ1n) is 5.59. The van der Waals surface area contributed by atoms with Gasteiger partial charge in [0.2, 0.25) is 0 Å². The molecule has 0 aromatic rings. The highest BCUT2D eigenvalue weighted by atomic mass is 32.3. The van der Waals surface area contributed by atoms with Crippen molar-refractivity contribution >= 4 is 20.4 Å². The lowest BCUT2D eigenvalue weighted by Crippen LogP contribution is -2.33. The van der Waals surface area contributed by atoms with Gasteiger partial charge in [-0.2, -0.15) is 21.6 Å². The molecule has 116 valence electrons. The molecule has 1 fully saturated rings. The van der Waals surface area contributed by atoms with E-state index in [0.29, 0.717) is 6.42 Å². The molecular formula is C9H17F3O5S2. The van der Waals surface area contributed by atoms with Crippen LogP contribution in [-0.4, -0.2) is 54.1 Å². The molecule has 1 aliphatic rings. The van der Waals surface area contributed by atoms with Crippen LogP contribution in [0.1, 0.15) is 19.3 Å². The minimum absolute atomic E-state index is 0.000532. The van der Waals surface area contributed by atoms with Gasteiger partial charge < -0.3 is 10.2 Å². The first-order chi connectivity index (χ1) is 8.47. The monoisotopic (exact) mass is 326 g/mol. The lowest BCUT2D eigenvalue weighted by atomic mass is 10.1. The molecule has 0 saturated carbocycles. The zero-order chi connectivity index (χ0) is 14.9. The third-order valence-corrected chi connectivity index (χ3v) is 7.75. The number of hydrogen-bond acceptors (Lipinski definition) is 5. The number of aliphatic hydroxyl groups excluding tert-OH is 2. The van der Waals surface area contributed by atoms with Gasteiger partial charge in [-0.25, -0.2) is 3.63 Å². The van der Waals surface area contributed by atoms with Crippen LogP contribution in [0.15, 0.2) is 0 Å². The van der Waals surface area contributed by atoms with Crippen molar-refractivity contribution in [3.05, 3.63) is 0 Å². The number of rotatable bonds is 2. The van der Waals surface area contributed by atoms with E-state index >= 15 is 0 Å². The van der Waals surface area contributed by atoms with Gasteiger partial charge in [0.1, 0.15) is 0 Å². The van der Waals surface area contributed by atoms with E-state index in [1.54, 1.807) is 0 Å². The molecule has 0 aromatic carbocycles. The minimum Gasteiger partial charge on any atom is -0.390 e. The molecule has 0 bridgehead atoms. The van der Waals surface area contributed by atoms with E-state index in [4.69, 9.17) is 0 Å². The lowest BCUT2D eigenvalue weighted by Gasteiger charge is -2.37. The van der Waals surface area contributed by atoms with Crippen LogP contribution >= 0.6 is 10.3 Å². The van der Waals surface area contributed by atoms with E-state index in [9.17, 15) is 31.8 Å². The normalized spacial score (nSPS) is 38.0. The fraction of sp³-hybridized carbons (Fsp3) is 1.00. The van der Waals surface area contributed by atoms with Crippen LogP contribution in [0, 0.1) is 0 Å². The molecule has 1 saturated heterocycles. The van der Waals surface area contributed by atoms with Gasteiger partial charge in [-0.3, -0.25) is 0 Å². The third-order valence-electron chi connectivity index (χ3n) is 2.90. The van der Waals surface area contributed by atoms with Crippen LogP contribution in [0.2, 0.25) is 0 Å². The summed E-state index contributed by atoms with van der Waals surface area (Å²) in [4.78, 5) is 0. The van der Waals surface area contributed by atoms with Crippen LogP contribution in [-0.2, 0) is 13.7 Å². The van der Waals surface area contributed by atoms with Crippen LogP contribution < -0.4 is 0 Å². The molecule has 3 unspecified atom stereocenters. The fourth-order valence-corrected chi connectivity index (χ4v) is 6.08. The van der Waals surface area contributed by atoms with E-state index in [1.165, 1.54) is 6.26 Å². The Balaban J connectivity index is 2.81. The second kappa shape index (κ2) is 5.76. The van der Waals surface area contributed by atoms with Crippen LogP contribution in [0.3, 0.4) is 0 Å². The molecule has 19 heavy (non-hydrogen) atoms. The highest BCUT2D eigenvalue weighted by Gasteiger charge is 2.50. The zero-order valence-corrected chi connectivity index (χ0v) is 11.9. The van der Waals surface area contributed by atoms with Crippen molar-refractivity contribution in [3.8, 4) is 0 Å². The summed E-state index contributed by atoms with van der Waals surface area (Å²) in [5, 5.41) is 18.9. The summed E-state index contributed by atoms with van der Waals surface area (Å²) in [6.45, 7) is 0. The predicted molar refractivity (Wildman–Crippen MR) is 65.2 cm³/mol. The summed E-state index contributed by atoms with van der Waals surface area (Å²) in [6, 6.07) is 0. The van der Waals surface area contributed by atoms with Gasteiger partial charge >= 0.3 is 15.6 Å². The molecule has 1 heterocycles. The van der Waals surface area contributed by atoms with E-state index in [-0.39, 0.29) is 24.3 Å². The Bertz CT molecular complexity index is 411. The quantitative estimate of drug-likeness (QED) is 0.743. The van der Waals surface area contributed by atoms with Crippen molar-refractivity contribution in [2.45, 2.75) is 37.0 Å². The third kappa shape index (κ3) is 4.48. The van der Waals surface area contributed by atoms with Crippen molar-refractivity contribution in [2.24, 2.45) is 0 Å². The van der Waals surface area contributed by atoms with Gasteiger partial charge in [-0.1, -0.05) is 0 Å². The first kappa shape index (κ1) is 17.0. The molecule has 5 nitrogen and oxygen atoms in total. The summed E-state index contributed by atoms with van der Waals surface area (Å²) in [6.07, 6.45) is -0.120. The Morgan fingerprint density at radius 3 is 2.21 bits per heavy atom. The first-order valence-corrected chi connectivity index (χ1v) is 9.30. The van der Waals surface area contributed by atoms with Crippen molar-refractivity contribution < 1.29 is 35.4 Å². The maximum Gasteiger partial charge on any atom is 0.523 e. The van der Waals surface area contributed by atoms with Gasteiger partial charge in [-0.05, 0) is 25.5 Å². The predicted octanol–water partition coefficient (Wildman–Crippen LogP) is 1.11. The van der Waals surface area contributed by atoms with Gasteiger partial charge in [0, 0.05) is 11.5 Å². The van der Waals surface area contributed by atoms with E-state index in [2.05, 4.69) is 3.63 Å². The summed E-state index contributed by atoms with van der Waals surface area (Å²) >= 11 is 0. The number of halogens is 3. The van der Waals surface area contributed by atoms with Crippen molar-refractivity contribution in [1.29, 1.82) is 0 Å². The largest absolute Gasteiger partial charge is 0.523 e. The maximum absolute atomic E-state index is 12.3. The molecule has 3 atom stereocenters. The van der Waals surface area contributed by atoms with Crippen molar-refractivity contribution in [3.63, 3.8) is 0 Å². The molecule has 0 spiro atoms. The molecule has 0 radical (unpaired) electrons. The summed E-state index contributed by atoms with van der Waals surface area (Å²) in [7, 11) is -8.10. The molecule has 10 heteroatoms. The fourth-order valence-electron chi connectivity index (χ4n) is 1.78. The Hall–Kier alpha value is -0.0300. The Morgan fingerprint density at radius 2 is 1.68 bits per heavy atom. The average molecular weight is 326 g/mol. The standard InChI is InChI=1S/C9H17F3O5S2/c1-18(17-19(15,16)9(10,11)12)5-2-3-7(13)8(14)4-6-18/h7-8,13-14H,2-6H2,1H3. The highest BCUT2D eigenvalue weighted by Crippen LogP contribution is 2.51. The highest BCUT2D eigenvalue weighted by molar-refractivity contribution is 8.32.